The molecule has 0 radical (unpaired) electrons. The molecule has 0 aromatic carbocycles. The normalized spacial score (nSPS) is 27.3. The molecule has 0 aliphatic carbocycles. The summed E-state index contributed by atoms with van der Waals surface area (Å²) in [5, 5.41) is 9.53. The molecule has 2 aliphatic heterocycles. The van der Waals surface area contributed by atoms with Gasteiger partial charge in [0.05, 0.1) is 5.92 Å². The third kappa shape index (κ3) is 6.48. The van der Waals surface area contributed by atoms with Crippen molar-refractivity contribution < 1.29 is 9.59 Å². The number of carbonyl (C=O) groups excluding carboxylic acids is 2. The molecule has 0 bridgehead atoms. The highest BCUT2D eigenvalue weighted by Crippen LogP contribution is 2.18. The fraction of sp³-hybridized carbons (Fsp3) is 0.882. The lowest BCUT2D eigenvalue weighted by Crippen LogP contribution is -2.52. The van der Waals surface area contributed by atoms with Crippen LogP contribution in [0, 0.1) is 11.8 Å². The molecule has 6 nitrogen and oxygen atoms in total. The van der Waals surface area contributed by atoms with Crippen LogP contribution in [0.5, 0.6) is 0 Å². The lowest BCUT2D eigenvalue weighted by atomic mass is 9.95. The average Bonchev–Trinajstić information content (AvgIpc) is 2.52. The van der Waals surface area contributed by atoms with E-state index >= 15 is 0 Å². The fourth-order valence-corrected chi connectivity index (χ4v) is 3.36. The van der Waals surface area contributed by atoms with Gasteiger partial charge in [0.2, 0.25) is 5.91 Å². The summed E-state index contributed by atoms with van der Waals surface area (Å²) < 4.78 is 0. The lowest BCUT2D eigenvalue weighted by molar-refractivity contribution is -0.127. The minimum absolute atomic E-state index is 0. The number of urea groups is 1. The van der Waals surface area contributed by atoms with Crippen LogP contribution in [-0.4, -0.2) is 55.1 Å². The highest BCUT2D eigenvalue weighted by atomic mass is 35.5. The van der Waals surface area contributed by atoms with Gasteiger partial charge in [0.25, 0.3) is 0 Å². The molecule has 2 heterocycles. The molecule has 0 aromatic rings. The molecule has 2 rings (SSSR count). The van der Waals surface area contributed by atoms with Gasteiger partial charge < -0.3 is 20.9 Å². The van der Waals surface area contributed by atoms with Crippen molar-refractivity contribution in [1.82, 2.24) is 20.9 Å². The molecule has 3 atom stereocenters. The minimum atomic E-state index is -0.0706. The number of amides is 3. The topological polar surface area (TPSA) is 73.5 Å². The maximum atomic E-state index is 12.5. The van der Waals surface area contributed by atoms with Crippen molar-refractivity contribution in [3.63, 3.8) is 0 Å². The summed E-state index contributed by atoms with van der Waals surface area (Å²) in [4.78, 5) is 26.5. The van der Waals surface area contributed by atoms with E-state index in [0.717, 1.165) is 38.8 Å². The van der Waals surface area contributed by atoms with E-state index in [9.17, 15) is 9.59 Å². The Balaban J connectivity index is 0.00000288. The van der Waals surface area contributed by atoms with Crippen LogP contribution in [0.4, 0.5) is 4.79 Å². The number of likely N-dealkylation sites (tertiary alicyclic amines) is 1. The zero-order valence-corrected chi connectivity index (χ0v) is 16.0. The Morgan fingerprint density at radius 2 is 2.04 bits per heavy atom. The van der Waals surface area contributed by atoms with Crippen LogP contribution in [0.25, 0.3) is 0 Å². The van der Waals surface area contributed by atoms with Gasteiger partial charge in [-0.3, -0.25) is 4.79 Å². The molecule has 24 heavy (non-hydrogen) atoms. The number of nitrogens with zero attached hydrogens (tertiary/aromatic N) is 1. The standard InChI is InChI=1S/C17H32N4O2.ClH/c1-12(2)10-19-17(23)21-8-4-5-14(11-21)16(22)20-15-6-7-18-13(3)9-15;/h12-15,18H,4-11H2,1-3H3,(H,19,23)(H,20,22);1H. The van der Waals surface area contributed by atoms with E-state index in [-0.39, 0.29) is 36.3 Å². The van der Waals surface area contributed by atoms with Gasteiger partial charge in [0.1, 0.15) is 0 Å². The van der Waals surface area contributed by atoms with Crippen LogP contribution in [0.2, 0.25) is 0 Å². The van der Waals surface area contributed by atoms with Crippen LogP contribution in [-0.2, 0) is 4.79 Å². The van der Waals surface area contributed by atoms with E-state index in [1.807, 2.05) is 0 Å². The van der Waals surface area contributed by atoms with Gasteiger partial charge in [-0.15, -0.1) is 12.4 Å². The lowest BCUT2D eigenvalue weighted by Gasteiger charge is -2.34. The van der Waals surface area contributed by atoms with E-state index in [1.165, 1.54) is 0 Å². The summed E-state index contributed by atoms with van der Waals surface area (Å²) in [6, 6.07) is 0.689. The third-order valence-electron chi connectivity index (χ3n) is 4.71. The summed E-state index contributed by atoms with van der Waals surface area (Å²) in [5.41, 5.74) is 0. The van der Waals surface area contributed by atoms with Gasteiger partial charge in [-0.25, -0.2) is 4.79 Å². The van der Waals surface area contributed by atoms with Gasteiger partial charge in [-0.2, -0.15) is 0 Å². The van der Waals surface area contributed by atoms with Crippen LogP contribution < -0.4 is 16.0 Å². The maximum Gasteiger partial charge on any atom is 0.317 e. The van der Waals surface area contributed by atoms with Crippen molar-refractivity contribution in [2.75, 3.05) is 26.2 Å². The Morgan fingerprint density at radius 3 is 2.71 bits per heavy atom. The number of rotatable bonds is 4. The Morgan fingerprint density at radius 1 is 1.29 bits per heavy atom. The number of carbonyl (C=O) groups is 2. The van der Waals surface area contributed by atoms with E-state index in [0.29, 0.717) is 25.0 Å². The molecule has 2 saturated heterocycles. The predicted octanol–water partition coefficient (Wildman–Crippen LogP) is 1.74. The highest BCUT2D eigenvalue weighted by Gasteiger charge is 2.30. The molecule has 7 heteroatoms. The molecule has 3 N–H and O–H groups in total. The van der Waals surface area contributed by atoms with Crippen molar-refractivity contribution in [1.29, 1.82) is 0 Å². The Bertz CT molecular complexity index is 419. The van der Waals surface area contributed by atoms with Crippen molar-refractivity contribution in [3.8, 4) is 0 Å². The van der Waals surface area contributed by atoms with Crippen LogP contribution in [0.3, 0.4) is 0 Å². The first-order valence-electron chi connectivity index (χ1n) is 9.02. The van der Waals surface area contributed by atoms with Gasteiger partial charge in [-0.1, -0.05) is 13.8 Å². The Kier molecular flexibility index (Phi) is 8.84. The SMILES string of the molecule is CC(C)CNC(=O)N1CCCC(C(=O)NC2CCNC(C)C2)C1.Cl. The minimum Gasteiger partial charge on any atom is -0.353 e. The van der Waals surface area contributed by atoms with Gasteiger partial charge in [0.15, 0.2) is 0 Å². The van der Waals surface area contributed by atoms with Gasteiger partial charge in [0, 0.05) is 31.7 Å². The number of piperidine rings is 2. The summed E-state index contributed by atoms with van der Waals surface area (Å²) >= 11 is 0. The van der Waals surface area contributed by atoms with Crippen molar-refractivity contribution >= 4 is 24.3 Å². The Labute approximate surface area is 151 Å². The molecule has 140 valence electrons. The summed E-state index contributed by atoms with van der Waals surface area (Å²) in [6.07, 6.45) is 3.74. The first-order chi connectivity index (χ1) is 11.0. The fourth-order valence-electron chi connectivity index (χ4n) is 3.36. The van der Waals surface area contributed by atoms with E-state index in [2.05, 4.69) is 36.7 Å². The number of nitrogens with one attached hydrogen (secondary N) is 3. The van der Waals surface area contributed by atoms with Gasteiger partial charge in [-0.05, 0) is 45.1 Å². The summed E-state index contributed by atoms with van der Waals surface area (Å²) in [6.45, 7) is 9.23. The summed E-state index contributed by atoms with van der Waals surface area (Å²) in [5.74, 6) is 0.480. The van der Waals surface area contributed by atoms with E-state index in [1.54, 1.807) is 4.90 Å². The second kappa shape index (κ2) is 10.1. The van der Waals surface area contributed by atoms with Crippen LogP contribution >= 0.6 is 12.4 Å². The number of hydrogen-bond donors (Lipinski definition) is 3. The largest absolute Gasteiger partial charge is 0.353 e. The van der Waals surface area contributed by atoms with Crippen LogP contribution in [0.15, 0.2) is 0 Å². The quantitative estimate of drug-likeness (QED) is 0.715. The smallest absolute Gasteiger partial charge is 0.317 e. The van der Waals surface area contributed by atoms with Crippen molar-refractivity contribution in [2.24, 2.45) is 11.8 Å². The first-order valence-corrected chi connectivity index (χ1v) is 9.02. The van der Waals surface area contributed by atoms with E-state index in [4.69, 9.17) is 0 Å². The number of hydrogen-bond acceptors (Lipinski definition) is 3. The molecule has 0 spiro atoms. The molecule has 0 saturated carbocycles. The Hall–Kier alpha value is -1.01. The zero-order valence-electron chi connectivity index (χ0n) is 15.1. The molecular formula is C17H33ClN4O2. The predicted molar refractivity (Wildman–Crippen MR) is 98.4 cm³/mol. The van der Waals surface area contributed by atoms with Crippen molar-refractivity contribution in [2.45, 2.75) is 58.5 Å². The highest BCUT2D eigenvalue weighted by molar-refractivity contribution is 5.85. The molecular weight excluding hydrogens is 328 g/mol. The monoisotopic (exact) mass is 360 g/mol. The van der Waals surface area contributed by atoms with Crippen molar-refractivity contribution in [3.05, 3.63) is 0 Å². The first kappa shape index (κ1) is 21.0. The third-order valence-corrected chi connectivity index (χ3v) is 4.71. The maximum absolute atomic E-state index is 12.5. The van der Waals surface area contributed by atoms with E-state index < -0.39 is 0 Å². The van der Waals surface area contributed by atoms with Gasteiger partial charge >= 0.3 is 6.03 Å². The molecule has 2 aliphatic rings. The summed E-state index contributed by atoms with van der Waals surface area (Å²) in [7, 11) is 0. The second-order valence-corrected chi connectivity index (χ2v) is 7.45. The second-order valence-electron chi connectivity index (χ2n) is 7.45. The zero-order chi connectivity index (χ0) is 16.8. The molecule has 3 unspecified atom stereocenters. The van der Waals surface area contributed by atoms with Crippen LogP contribution in [0.1, 0.15) is 46.5 Å². The number of halogens is 1. The molecule has 2 fully saturated rings. The molecule has 3 amide bonds. The average molecular weight is 361 g/mol. The molecule has 0 aromatic heterocycles.